The van der Waals surface area contributed by atoms with E-state index in [2.05, 4.69) is 12.1 Å². The summed E-state index contributed by atoms with van der Waals surface area (Å²) in [6, 6.07) is 0.368. The molecule has 0 aliphatic heterocycles. The summed E-state index contributed by atoms with van der Waals surface area (Å²) in [4.78, 5) is 5.08. The lowest BCUT2D eigenvalue weighted by Crippen LogP contribution is -2.26. The summed E-state index contributed by atoms with van der Waals surface area (Å²) in [7, 11) is 0. The Labute approximate surface area is 56.9 Å². The molecule has 0 bridgehead atoms. The highest BCUT2D eigenvalue weighted by atomic mass is 16.7. The Hall–Kier alpha value is -0.340. The van der Waals surface area contributed by atoms with Crippen molar-refractivity contribution in [2.45, 2.75) is 32.9 Å². The molecule has 0 rings (SSSR count). The van der Waals surface area contributed by atoms with Gasteiger partial charge < -0.3 is 0 Å². The van der Waals surface area contributed by atoms with Crippen molar-refractivity contribution in [3.8, 4) is 0 Å². The summed E-state index contributed by atoms with van der Waals surface area (Å²) in [5, 5.41) is 0. The van der Waals surface area contributed by atoms with Gasteiger partial charge >= 0.3 is 0 Å². The van der Waals surface area contributed by atoms with Crippen molar-refractivity contribution in [2.75, 3.05) is 0 Å². The Morgan fingerprint density at radius 3 is 2.33 bits per heavy atom. The summed E-state index contributed by atoms with van der Waals surface area (Å²) in [5.41, 5.74) is 2.82. The Kier molecular flexibility index (Phi) is 4.36. The van der Waals surface area contributed by atoms with Gasteiger partial charge in [0.15, 0.2) is 0 Å². The summed E-state index contributed by atoms with van der Waals surface area (Å²) >= 11 is 0. The molecule has 0 amide bonds. The van der Waals surface area contributed by atoms with E-state index in [0.717, 1.165) is 0 Å². The monoisotopic (exact) mass is 129 g/mol. The maximum absolute atomic E-state index is 5.08. The Balaban J connectivity index is 3.16. The fourth-order valence-electron chi connectivity index (χ4n) is 0.292. The lowest BCUT2D eigenvalue weighted by molar-refractivity contribution is -0.00513. The summed E-state index contributed by atoms with van der Waals surface area (Å²) < 4.78 is 0. The maximum Gasteiger partial charge on any atom is 0.0940 e. The second kappa shape index (κ2) is 4.53. The Morgan fingerprint density at radius 1 is 1.44 bits per heavy atom. The van der Waals surface area contributed by atoms with E-state index in [4.69, 9.17) is 4.84 Å². The first-order chi connectivity index (χ1) is 4.16. The summed E-state index contributed by atoms with van der Waals surface area (Å²) in [6.45, 7) is 9.55. The molecule has 0 aromatic rings. The van der Waals surface area contributed by atoms with Gasteiger partial charge in [-0.25, -0.2) is 0 Å². The maximum atomic E-state index is 5.08. The molecule has 0 saturated carbocycles. The van der Waals surface area contributed by atoms with Crippen LogP contribution in [0.1, 0.15) is 20.8 Å². The quantitative estimate of drug-likeness (QED) is 0.458. The molecule has 0 aliphatic carbocycles. The molecule has 2 nitrogen and oxygen atoms in total. The lowest BCUT2D eigenvalue weighted by Gasteiger charge is -2.11. The van der Waals surface area contributed by atoms with E-state index < -0.39 is 0 Å². The minimum Gasteiger partial charge on any atom is -0.294 e. The molecule has 9 heavy (non-hydrogen) atoms. The molecule has 1 atom stereocenters. The Morgan fingerprint density at radius 2 is 2.00 bits per heavy atom. The molecule has 0 fully saturated rings. The zero-order valence-corrected chi connectivity index (χ0v) is 6.35. The number of hydrogen-bond acceptors (Lipinski definition) is 2. The molecule has 54 valence electrons. The van der Waals surface area contributed by atoms with E-state index in [9.17, 15) is 0 Å². The summed E-state index contributed by atoms with van der Waals surface area (Å²) in [6.07, 6.45) is 1.84. The van der Waals surface area contributed by atoms with Gasteiger partial charge in [0.2, 0.25) is 0 Å². The summed E-state index contributed by atoms with van der Waals surface area (Å²) in [5.74, 6) is 0. The van der Waals surface area contributed by atoms with Gasteiger partial charge in [-0.15, -0.1) is 6.58 Å². The van der Waals surface area contributed by atoms with E-state index in [1.165, 1.54) is 0 Å². The Bertz CT molecular complexity index is 81.0. The zero-order valence-electron chi connectivity index (χ0n) is 6.35. The van der Waals surface area contributed by atoms with Crippen LogP contribution in [-0.2, 0) is 4.84 Å². The molecule has 2 heteroatoms. The van der Waals surface area contributed by atoms with Crippen LogP contribution >= 0.6 is 0 Å². The van der Waals surface area contributed by atoms with Crippen LogP contribution in [0.15, 0.2) is 12.7 Å². The van der Waals surface area contributed by atoms with E-state index >= 15 is 0 Å². The van der Waals surface area contributed by atoms with Crippen LogP contribution in [0, 0.1) is 0 Å². The molecule has 0 aliphatic rings. The highest BCUT2D eigenvalue weighted by Gasteiger charge is 1.95. The highest BCUT2D eigenvalue weighted by Crippen LogP contribution is 1.87. The fourth-order valence-corrected chi connectivity index (χ4v) is 0.292. The average Bonchev–Trinajstić information content (AvgIpc) is 1.83. The van der Waals surface area contributed by atoms with Crippen LogP contribution in [0.2, 0.25) is 0 Å². The van der Waals surface area contributed by atoms with Crippen molar-refractivity contribution in [3.63, 3.8) is 0 Å². The number of nitrogens with one attached hydrogen (secondary N) is 1. The topological polar surface area (TPSA) is 21.3 Å². The van der Waals surface area contributed by atoms with Gasteiger partial charge in [0.1, 0.15) is 0 Å². The predicted octanol–water partition coefficient (Wildman–Crippen LogP) is 1.49. The predicted molar refractivity (Wildman–Crippen MR) is 39.0 cm³/mol. The molecular formula is C7H15NO. The van der Waals surface area contributed by atoms with Crippen LogP contribution in [0.5, 0.6) is 0 Å². The van der Waals surface area contributed by atoms with Crippen LogP contribution in [0.4, 0.5) is 0 Å². The minimum absolute atomic E-state index is 0.0902. The molecule has 1 N–H and O–H groups in total. The van der Waals surface area contributed by atoms with Crippen molar-refractivity contribution >= 4 is 0 Å². The van der Waals surface area contributed by atoms with Gasteiger partial charge in [-0.05, 0) is 20.8 Å². The smallest absolute Gasteiger partial charge is 0.0940 e. The van der Waals surface area contributed by atoms with Crippen molar-refractivity contribution in [2.24, 2.45) is 0 Å². The van der Waals surface area contributed by atoms with Crippen LogP contribution in [0.25, 0.3) is 0 Å². The van der Waals surface area contributed by atoms with Gasteiger partial charge in [0.25, 0.3) is 0 Å². The van der Waals surface area contributed by atoms with Crippen molar-refractivity contribution in [3.05, 3.63) is 12.7 Å². The van der Waals surface area contributed by atoms with Gasteiger partial charge in [-0.3, -0.25) is 4.84 Å². The van der Waals surface area contributed by atoms with Crippen LogP contribution in [-0.4, -0.2) is 12.1 Å². The number of rotatable bonds is 4. The SMILES string of the molecule is C=CC(C)ONC(C)C. The first-order valence-corrected chi connectivity index (χ1v) is 3.20. The normalized spacial score (nSPS) is 13.8. The van der Waals surface area contributed by atoms with E-state index in [1.807, 2.05) is 20.8 Å². The molecule has 1 unspecified atom stereocenters. The molecule has 0 radical (unpaired) electrons. The van der Waals surface area contributed by atoms with Crippen molar-refractivity contribution in [1.29, 1.82) is 0 Å². The first-order valence-electron chi connectivity index (χ1n) is 3.20. The largest absolute Gasteiger partial charge is 0.294 e. The molecule has 0 aromatic heterocycles. The number of hydrogen-bond donors (Lipinski definition) is 1. The molecule has 0 saturated heterocycles. The van der Waals surface area contributed by atoms with Gasteiger partial charge in [0.05, 0.1) is 6.10 Å². The first kappa shape index (κ1) is 8.66. The van der Waals surface area contributed by atoms with Crippen molar-refractivity contribution in [1.82, 2.24) is 5.48 Å². The van der Waals surface area contributed by atoms with Crippen LogP contribution in [0.3, 0.4) is 0 Å². The zero-order chi connectivity index (χ0) is 7.28. The van der Waals surface area contributed by atoms with E-state index in [1.54, 1.807) is 6.08 Å². The van der Waals surface area contributed by atoms with E-state index in [0.29, 0.717) is 6.04 Å². The third kappa shape index (κ3) is 5.53. The minimum atomic E-state index is 0.0902. The van der Waals surface area contributed by atoms with Gasteiger partial charge in [-0.1, -0.05) is 6.08 Å². The van der Waals surface area contributed by atoms with Crippen LogP contribution < -0.4 is 5.48 Å². The van der Waals surface area contributed by atoms with Gasteiger partial charge in [-0.2, -0.15) is 5.48 Å². The standard InChI is InChI=1S/C7H15NO/c1-5-7(4)9-8-6(2)3/h5-8H,1H2,2-4H3. The number of hydroxylamine groups is 1. The lowest BCUT2D eigenvalue weighted by atomic mass is 10.4. The van der Waals surface area contributed by atoms with E-state index in [-0.39, 0.29) is 6.10 Å². The second-order valence-electron chi connectivity index (χ2n) is 2.33. The second-order valence-corrected chi connectivity index (χ2v) is 2.33. The van der Waals surface area contributed by atoms with Gasteiger partial charge in [0, 0.05) is 6.04 Å². The van der Waals surface area contributed by atoms with Crippen molar-refractivity contribution < 1.29 is 4.84 Å². The third-order valence-electron chi connectivity index (χ3n) is 0.822. The molecule has 0 spiro atoms. The molecule has 0 heterocycles. The average molecular weight is 129 g/mol. The fraction of sp³-hybridized carbons (Fsp3) is 0.714. The highest BCUT2D eigenvalue weighted by molar-refractivity contribution is 4.74. The molecular weight excluding hydrogens is 114 g/mol. The molecule has 0 aromatic carbocycles. The third-order valence-corrected chi connectivity index (χ3v) is 0.822.